The molecule has 2 aromatic carbocycles. The lowest BCUT2D eigenvalue weighted by Crippen LogP contribution is -2.16. The predicted molar refractivity (Wildman–Crippen MR) is 114 cm³/mol. The monoisotopic (exact) mass is 453 g/mol. The summed E-state index contributed by atoms with van der Waals surface area (Å²) in [4.78, 5) is 14.6. The topological polar surface area (TPSA) is 29.5 Å². The summed E-state index contributed by atoms with van der Waals surface area (Å²) in [5.74, 6) is 0.815. The summed E-state index contributed by atoms with van der Waals surface area (Å²) in [6.07, 6.45) is 3.11. The van der Waals surface area contributed by atoms with Crippen LogP contribution in [0.1, 0.15) is 16.7 Å². The van der Waals surface area contributed by atoms with Crippen molar-refractivity contribution in [1.82, 2.24) is 4.90 Å². The second kappa shape index (κ2) is 9.49. The molecule has 0 bridgehead atoms. The molecule has 6 heteroatoms. The molecule has 0 atom stereocenters. The van der Waals surface area contributed by atoms with E-state index in [-0.39, 0.29) is 5.24 Å². The zero-order valence-electron chi connectivity index (χ0n) is 15.0. The fourth-order valence-electron chi connectivity index (χ4n) is 2.40. The number of hydrogen-bond donors (Lipinski definition) is 0. The van der Waals surface area contributed by atoms with E-state index in [1.807, 2.05) is 36.4 Å². The minimum atomic E-state index is -0.0642. The van der Waals surface area contributed by atoms with E-state index in [1.54, 1.807) is 26.1 Å². The molecule has 0 aliphatic carbocycles. The van der Waals surface area contributed by atoms with Gasteiger partial charge in [-0.2, -0.15) is 0 Å². The third-order valence-corrected chi connectivity index (χ3v) is 6.25. The largest absolute Gasteiger partial charge is 0.497 e. The van der Waals surface area contributed by atoms with Gasteiger partial charge in [0.15, 0.2) is 0 Å². The van der Waals surface area contributed by atoms with Crippen molar-refractivity contribution >= 4 is 44.5 Å². The number of hydrogen-bond acceptors (Lipinski definition) is 3. The van der Waals surface area contributed by atoms with Gasteiger partial charge in [0.05, 0.1) is 12.1 Å². The number of nitrogens with zero attached hydrogens (tertiary/aromatic N) is 1. The zero-order chi connectivity index (χ0) is 19.3. The van der Waals surface area contributed by atoms with Gasteiger partial charge in [-0.25, -0.2) is 0 Å². The maximum absolute atomic E-state index is 12.2. The number of methoxy groups -OCH3 is 1. The van der Waals surface area contributed by atoms with Gasteiger partial charge in [0.1, 0.15) is 5.75 Å². The second-order valence-corrected chi connectivity index (χ2v) is 8.11. The fraction of sp³-hybridized carbons (Fsp3) is 0.250. The Labute approximate surface area is 172 Å². The summed E-state index contributed by atoms with van der Waals surface area (Å²) < 4.78 is 6.13. The van der Waals surface area contributed by atoms with Crippen LogP contribution in [0.3, 0.4) is 0 Å². The maximum atomic E-state index is 12.2. The van der Waals surface area contributed by atoms with Crippen molar-refractivity contribution in [2.45, 2.75) is 17.7 Å². The van der Waals surface area contributed by atoms with E-state index in [4.69, 9.17) is 16.3 Å². The van der Waals surface area contributed by atoms with Crippen LogP contribution in [-0.2, 0) is 12.8 Å². The highest BCUT2D eigenvalue weighted by Gasteiger charge is 2.19. The van der Waals surface area contributed by atoms with Gasteiger partial charge in [-0.3, -0.25) is 4.79 Å². The van der Waals surface area contributed by atoms with Gasteiger partial charge < -0.3 is 9.64 Å². The molecule has 0 saturated heterocycles. The Morgan fingerprint density at radius 1 is 1.35 bits per heavy atom. The standard InChI is InChI=1S/C20H21BrClNO2S/c1-5-6-16-17(21)12-14(11-13-7-9-15(25-4)10-8-13)18(22)19(16)26-20(24)23(2)3/h5,7-10,12H,1,6,11H2,2-4H3. The molecule has 2 aromatic rings. The molecule has 0 aliphatic rings. The molecule has 0 radical (unpaired) electrons. The molecule has 2 rings (SSSR count). The van der Waals surface area contributed by atoms with Crippen molar-refractivity contribution in [2.75, 3.05) is 21.2 Å². The third kappa shape index (κ3) is 5.06. The SMILES string of the molecule is C=CCc1c(Br)cc(Cc2ccc(OC)cc2)c(Cl)c1SC(=O)N(C)C. The molecule has 138 valence electrons. The minimum absolute atomic E-state index is 0.0642. The summed E-state index contributed by atoms with van der Waals surface area (Å²) >= 11 is 11.5. The van der Waals surface area contributed by atoms with Crippen LogP contribution in [0.5, 0.6) is 5.75 Å². The van der Waals surface area contributed by atoms with E-state index >= 15 is 0 Å². The first-order valence-corrected chi connectivity index (χ1v) is 9.98. The molecule has 0 unspecified atom stereocenters. The number of halogens is 2. The Morgan fingerprint density at radius 3 is 2.54 bits per heavy atom. The van der Waals surface area contributed by atoms with E-state index in [0.717, 1.165) is 43.6 Å². The van der Waals surface area contributed by atoms with Crippen molar-refractivity contribution in [1.29, 1.82) is 0 Å². The van der Waals surface area contributed by atoms with Gasteiger partial charge in [-0.05, 0) is 59.5 Å². The third-order valence-electron chi connectivity index (χ3n) is 3.80. The van der Waals surface area contributed by atoms with Gasteiger partial charge in [0.2, 0.25) is 0 Å². The van der Waals surface area contributed by atoms with Crippen LogP contribution in [-0.4, -0.2) is 31.3 Å². The highest BCUT2D eigenvalue weighted by Crippen LogP contribution is 2.40. The van der Waals surface area contributed by atoms with Crippen LogP contribution in [0, 0.1) is 0 Å². The van der Waals surface area contributed by atoms with E-state index in [1.165, 1.54) is 0 Å². The summed E-state index contributed by atoms with van der Waals surface area (Å²) in [7, 11) is 5.10. The number of allylic oxidation sites excluding steroid dienone is 1. The Morgan fingerprint density at radius 2 is 2.00 bits per heavy atom. The van der Waals surface area contributed by atoms with E-state index in [0.29, 0.717) is 17.9 Å². The van der Waals surface area contributed by atoms with Gasteiger partial charge >= 0.3 is 0 Å². The van der Waals surface area contributed by atoms with E-state index in [2.05, 4.69) is 22.5 Å². The molecule has 0 heterocycles. The van der Waals surface area contributed by atoms with Crippen LogP contribution < -0.4 is 4.74 Å². The lowest BCUT2D eigenvalue weighted by molar-refractivity contribution is 0.241. The lowest BCUT2D eigenvalue weighted by atomic mass is 10.0. The average molecular weight is 455 g/mol. The Hall–Kier alpha value is -1.43. The second-order valence-electron chi connectivity index (χ2n) is 5.92. The molecular formula is C20H21BrClNO2S. The highest BCUT2D eigenvalue weighted by molar-refractivity contribution is 9.10. The molecule has 0 spiro atoms. The first-order valence-electron chi connectivity index (χ1n) is 8.00. The average Bonchev–Trinajstić information content (AvgIpc) is 2.62. The molecule has 0 saturated carbocycles. The Balaban J connectivity index is 2.44. The summed E-state index contributed by atoms with van der Waals surface area (Å²) in [5, 5.41) is 0.548. The van der Waals surface area contributed by atoms with Crippen LogP contribution >= 0.6 is 39.3 Å². The number of ether oxygens (including phenoxy) is 1. The smallest absolute Gasteiger partial charge is 0.285 e. The number of thioether (sulfide) groups is 1. The quantitative estimate of drug-likeness (QED) is 0.384. The molecule has 0 aliphatic heterocycles. The summed E-state index contributed by atoms with van der Waals surface area (Å²) in [6, 6.07) is 9.90. The Bertz CT molecular complexity index is 806. The first-order chi connectivity index (χ1) is 12.4. The van der Waals surface area contributed by atoms with Gasteiger partial charge in [0, 0.05) is 23.5 Å². The highest BCUT2D eigenvalue weighted by atomic mass is 79.9. The molecule has 0 N–H and O–H groups in total. The van der Waals surface area contributed by atoms with Gasteiger partial charge in [0.25, 0.3) is 5.24 Å². The van der Waals surface area contributed by atoms with Gasteiger partial charge in [-0.1, -0.05) is 45.7 Å². The molecular weight excluding hydrogens is 434 g/mol. The van der Waals surface area contributed by atoms with Crippen LogP contribution in [0.15, 0.2) is 52.4 Å². The zero-order valence-corrected chi connectivity index (χ0v) is 18.2. The number of carbonyl (C=O) groups excluding carboxylic acids is 1. The maximum Gasteiger partial charge on any atom is 0.285 e. The lowest BCUT2D eigenvalue weighted by Gasteiger charge is -2.17. The van der Waals surface area contributed by atoms with E-state index in [9.17, 15) is 4.79 Å². The molecule has 3 nitrogen and oxygen atoms in total. The van der Waals surface area contributed by atoms with Gasteiger partial charge in [-0.15, -0.1) is 6.58 Å². The van der Waals surface area contributed by atoms with Crippen LogP contribution in [0.25, 0.3) is 0 Å². The summed E-state index contributed by atoms with van der Waals surface area (Å²) in [6.45, 7) is 3.81. The first kappa shape index (κ1) is 20.9. The normalized spacial score (nSPS) is 10.5. The molecule has 1 amide bonds. The van der Waals surface area contributed by atoms with Crippen molar-refractivity contribution < 1.29 is 9.53 Å². The predicted octanol–water partition coefficient (Wildman–Crippen LogP) is 6.20. The fourth-order valence-corrected chi connectivity index (χ4v) is 4.41. The number of benzene rings is 2. The van der Waals surface area contributed by atoms with Crippen LogP contribution in [0.4, 0.5) is 4.79 Å². The summed E-state index contributed by atoms with van der Waals surface area (Å²) in [5.41, 5.74) is 3.06. The molecule has 0 aromatic heterocycles. The molecule has 26 heavy (non-hydrogen) atoms. The Kier molecular flexibility index (Phi) is 7.62. The number of rotatable bonds is 6. The van der Waals surface area contributed by atoms with E-state index < -0.39 is 0 Å². The molecule has 0 fully saturated rings. The van der Waals surface area contributed by atoms with Crippen molar-refractivity contribution in [3.63, 3.8) is 0 Å². The minimum Gasteiger partial charge on any atom is -0.497 e. The van der Waals surface area contributed by atoms with Crippen molar-refractivity contribution in [3.05, 3.63) is 69.2 Å². The van der Waals surface area contributed by atoms with Crippen molar-refractivity contribution in [2.24, 2.45) is 0 Å². The number of amides is 1. The van der Waals surface area contributed by atoms with Crippen molar-refractivity contribution in [3.8, 4) is 5.75 Å². The number of carbonyl (C=O) groups is 1. The van der Waals surface area contributed by atoms with Crippen LogP contribution in [0.2, 0.25) is 5.02 Å².